The molecule has 0 aromatic carbocycles. The molecule has 1 rings (SSSR count). The summed E-state index contributed by atoms with van der Waals surface area (Å²) in [6.07, 6.45) is 6.02. The molecule has 1 aliphatic carbocycles. The van der Waals surface area contributed by atoms with Gasteiger partial charge in [0.25, 0.3) is 0 Å². The van der Waals surface area contributed by atoms with Crippen molar-refractivity contribution < 1.29 is 15.1 Å². The summed E-state index contributed by atoms with van der Waals surface area (Å²) >= 11 is 4.87. The van der Waals surface area contributed by atoms with Crippen molar-refractivity contribution in [2.45, 2.75) is 6.42 Å². The maximum Gasteiger partial charge on any atom is 0.226 e. The van der Waals surface area contributed by atoms with Crippen LogP contribution in [0.15, 0.2) is 23.8 Å². The van der Waals surface area contributed by atoms with Gasteiger partial charge in [-0.3, -0.25) is 9.59 Å². The lowest BCUT2D eigenvalue weighted by atomic mass is 10.0. The van der Waals surface area contributed by atoms with Gasteiger partial charge in [0.15, 0.2) is 6.29 Å². The van der Waals surface area contributed by atoms with Gasteiger partial charge in [-0.1, -0.05) is 30.4 Å². The zero-order valence-corrected chi connectivity index (χ0v) is 7.06. The average Bonchev–Trinajstić information content (AvgIpc) is 2.04. The summed E-state index contributed by atoms with van der Waals surface area (Å²) in [5.74, 6) is -0.528. The van der Waals surface area contributed by atoms with E-state index in [1.54, 1.807) is 12.2 Å². The quantitative estimate of drug-likeness (QED) is 0.349. The van der Waals surface area contributed by atoms with Crippen molar-refractivity contribution in [2.75, 3.05) is 0 Å². The second-order valence-corrected chi connectivity index (χ2v) is 2.61. The predicted octanol–water partition coefficient (Wildman–Crippen LogP) is 0.186. The van der Waals surface area contributed by atoms with E-state index < -0.39 is 5.78 Å². The van der Waals surface area contributed by atoms with Crippen molar-refractivity contribution in [1.29, 1.82) is 0 Å². The summed E-state index contributed by atoms with van der Waals surface area (Å²) < 4.78 is 0. The summed E-state index contributed by atoms with van der Waals surface area (Å²) in [5.41, 5.74) is 0.359. The van der Waals surface area contributed by atoms with Crippen LogP contribution in [0.25, 0.3) is 0 Å². The lowest BCUT2D eigenvalue weighted by Gasteiger charge is -2.04. The van der Waals surface area contributed by atoms with Crippen molar-refractivity contribution in [1.82, 2.24) is 0 Å². The maximum absolute atomic E-state index is 10.8. The Balaban J connectivity index is 0.00000121. The van der Waals surface area contributed by atoms with Gasteiger partial charge in [-0.2, -0.15) is 0 Å². The molecule has 0 unspecified atom stereocenters. The fourth-order valence-corrected chi connectivity index (χ4v) is 1.09. The number of carbonyl (C=O) groups excluding carboxylic acids is 2. The predicted molar refractivity (Wildman–Crippen MR) is 49.1 cm³/mol. The third-order valence-corrected chi connectivity index (χ3v) is 1.76. The van der Waals surface area contributed by atoms with Gasteiger partial charge < -0.3 is 5.48 Å². The molecular weight excluding hydrogens is 176 g/mol. The Hall–Kier alpha value is -1.13. The monoisotopic (exact) mass is 184 g/mol. The smallest absolute Gasteiger partial charge is 0.226 e. The Kier molecular flexibility index (Phi) is 4.25. The maximum atomic E-state index is 10.8. The Bertz CT molecular complexity index is 276. The molecule has 0 saturated carbocycles. The Morgan fingerprint density at radius 2 is 2.25 bits per heavy atom. The molecule has 3 nitrogen and oxygen atoms in total. The van der Waals surface area contributed by atoms with Crippen LogP contribution in [0.4, 0.5) is 0 Å². The van der Waals surface area contributed by atoms with Crippen LogP contribution in [0.2, 0.25) is 0 Å². The minimum atomic E-state index is -0.528. The minimum absolute atomic E-state index is 0. The molecular formula is C8H8O3S. The van der Waals surface area contributed by atoms with Crippen LogP contribution in [0, 0.1) is 0 Å². The number of rotatable bonds is 2. The average molecular weight is 184 g/mol. The molecule has 0 radical (unpaired) electrons. The summed E-state index contributed by atoms with van der Waals surface area (Å²) in [4.78, 5) is 21.4. The molecule has 4 heteroatoms. The van der Waals surface area contributed by atoms with Crippen molar-refractivity contribution in [3.8, 4) is 0 Å². The fourth-order valence-electron chi connectivity index (χ4n) is 0.825. The van der Waals surface area contributed by atoms with Gasteiger partial charge in [-0.15, -0.1) is 0 Å². The fraction of sp³-hybridized carbons (Fsp3) is 0.125. The van der Waals surface area contributed by atoms with Crippen molar-refractivity contribution in [3.05, 3.63) is 23.8 Å². The van der Waals surface area contributed by atoms with Crippen LogP contribution in [0.5, 0.6) is 0 Å². The number of hydrogen-bond acceptors (Lipinski definition) is 3. The van der Waals surface area contributed by atoms with Gasteiger partial charge in [0.2, 0.25) is 5.78 Å². The summed E-state index contributed by atoms with van der Waals surface area (Å²) in [6, 6.07) is 0. The molecule has 0 bridgehead atoms. The van der Waals surface area contributed by atoms with E-state index in [9.17, 15) is 9.59 Å². The first-order valence-electron chi connectivity index (χ1n) is 3.15. The van der Waals surface area contributed by atoms with E-state index in [-0.39, 0.29) is 11.8 Å². The Morgan fingerprint density at radius 3 is 2.75 bits per heavy atom. The minimum Gasteiger partial charge on any atom is -0.412 e. The van der Waals surface area contributed by atoms with Gasteiger partial charge in [-0.25, -0.2) is 0 Å². The van der Waals surface area contributed by atoms with Gasteiger partial charge >= 0.3 is 0 Å². The molecule has 0 amide bonds. The molecule has 0 fully saturated rings. The SMILES string of the molecule is O.O=CC(=O)C1=CC=CCC1=S. The Morgan fingerprint density at radius 1 is 1.58 bits per heavy atom. The molecule has 0 saturated heterocycles. The van der Waals surface area contributed by atoms with Crippen LogP contribution < -0.4 is 0 Å². The number of carbonyl (C=O) groups is 2. The van der Waals surface area contributed by atoms with Crippen molar-refractivity contribution in [3.63, 3.8) is 0 Å². The standard InChI is InChI=1S/C8H6O2S.H2O/c9-5-7(10)6-3-1-2-4-8(6)11;/h1-3,5H,4H2;1H2. The van der Waals surface area contributed by atoms with Gasteiger partial charge in [-0.05, 0) is 0 Å². The number of Topliss-reactive ketones (excluding diaryl/α,β-unsaturated/α-hetero) is 1. The van der Waals surface area contributed by atoms with Gasteiger partial charge in [0.1, 0.15) is 0 Å². The lowest BCUT2D eigenvalue weighted by Crippen LogP contribution is -2.13. The van der Waals surface area contributed by atoms with E-state index in [1.807, 2.05) is 6.08 Å². The molecule has 0 spiro atoms. The second kappa shape index (κ2) is 4.69. The first-order chi connectivity index (χ1) is 5.25. The van der Waals surface area contributed by atoms with Gasteiger partial charge in [0.05, 0.1) is 0 Å². The highest BCUT2D eigenvalue weighted by Gasteiger charge is 2.13. The summed E-state index contributed by atoms with van der Waals surface area (Å²) in [5, 5.41) is 0. The van der Waals surface area contributed by atoms with Crippen molar-refractivity contribution in [2.24, 2.45) is 0 Å². The van der Waals surface area contributed by atoms with Crippen LogP contribution in [-0.2, 0) is 9.59 Å². The summed E-state index contributed by atoms with van der Waals surface area (Å²) in [6.45, 7) is 0. The Labute approximate surface area is 75.1 Å². The highest BCUT2D eigenvalue weighted by molar-refractivity contribution is 7.81. The third kappa shape index (κ3) is 2.18. The van der Waals surface area contributed by atoms with Crippen molar-refractivity contribution >= 4 is 29.2 Å². The molecule has 0 aliphatic heterocycles. The zero-order valence-electron chi connectivity index (χ0n) is 6.24. The summed E-state index contributed by atoms with van der Waals surface area (Å²) in [7, 11) is 0. The number of hydrogen-bond donors (Lipinski definition) is 0. The zero-order chi connectivity index (χ0) is 8.27. The largest absolute Gasteiger partial charge is 0.412 e. The number of aldehydes is 1. The third-order valence-electron chi connectivity index (χ3n) is 1.38. The molecule has 0 aromatic heterocycles. The highest BCUT2D eigenvalue weighted by Crippen LogP contribution is 2.09. The topological polar surface area (TPSA) is 65.6 Å². The highest BCUT2D eigenvalue weighted by atomic mass is 32.1. The van der Waals surface area contributed by atoms with Crippen LogP contribution in [0.3, 0.4) is 0 Å². The van der Waals surface area contributed by atoms with Crippen LogP contribution in [-0.4, -0.2) is 22.4 Å². The number of thiocarbonyl (C=S) groups is 1. The van der Waals surface area contributed by atoms with E-state index in [4.69, 9.17) is 12.2 Å². The van der Waals surface area contributed by atoms with Crippen LogP contribution >= 0.6 is 12.2 Å². The first-order valence-corrected chi connectivity index (χ1v) is 3.56. The molecule has 0 aromatic rings. The number of ketones is 1. The molecule has 2 N–H and O–H groups in total. The number of allylic oxidation sites excluding steroid dienone is 4. The van der Waals surface area contributed by atoms with E-state index in [1.165, 1.54) is 0 Å². The van der Waals surface area contributed by atoms with E-state index in [0.717, 1.165) is 0 Å². The van der Waals surface area contributed by atoms with Crippen LogP contribution in [0.1, 0.15) is 6.42 Å². The normalized spacial score (nSPS) is 14.7. The van der Waals surface area contributed by atoms with Gasteiger partial charge in [0, 0.05) is 16.9 Å². The lowest BCUT2D eigenvalue weighted by molar-refractivity contribution is -0.127. The molecule has 0 heterocycles. The molecule has 0 atom stereocenters. The first kappa shape index (κ1) is 10.9. The molecule has 12 heavy (non-hydrogen) atoms. The van der Waals surface area contributed by atoms with E-state index in [2.05, 4.69) is 0 Å². The van der Waals surface area contributed by atoms with E-state index in [0.29, 0.717) is 16.9 Å². The second-order valence-electron chi connectivity index (χ2n) is 2.12. The van der Waals surface area contributed by atoms with E-state index >= 15 is 0 Å². The molecule has 64 valence electrons. The molecule has 1 aliphatic rings.